The Morgan fingerprint density at radius 3 is 2.50 bits per heavy atom. The molecule has 0 saturated carbocycles. The molecule has 0 bridgehead atoms. The predicted octanol–water partition coefficient (Wildman–Crippen LogP) is 4.36. The largest absolute Gasteiger partial charge is 0.417 e. The van der Waals surface area contributed by atoms with E-state index in [-0.39, 0.29) is 0 Å². The Hall–Kier alpha value is -3.14. The quantitative estimate of drug-likeness (QED) is 0.779. The minimum absolute atomic E-state index is 0.503. The maximum absolute atomic E-state index is 11.9. The molecule has 22 heavy (non-hydrogen) atoms. The lowest BCUT2D eigenvalue weighted by Crippen LogP contribution is -2.16. The topological polar surface area (TPSA) is 51.2 Å². The fourth-order valence-electron chi connectivity index (χ4n) is 2.05. The van der Waals surface area contributed by atoms with E-state index in [1.54, 1.807) is 24.5 Å². The summed E-state index contributed by atoms with van der Waals surface area (Å²) in [6.07, 6.45) is 2.99. The van der Waals surface area contributed by atoms with Crippen LogP contribution in [0.1, 0.15) is 0 Å². The summed E-state index contributed by atoms with van der Waals surface area (Å²) in [5, 5.41) is 2.72. The molecule has 1 N–H and O–H groups in total. The smallest absolute Gasteiger partial charge is 0.410 e. The molecule has 0 fully saturated rings. The minimum atomic E-state index is -0.519. The first-order chi connectivity index (χ1) is 10.8. The molecule has 0 spiro atoms. The molecule has 2 aromatic carbocycles. The molecular formula is C18H14N2O2. The molecule has 4 nitrogen and oxygen atoms in total. The van der Waals surface area contributed by atoms with Crippen molar-refractivity contribution in [3.8, 4) is 16.9 Å². The summed E-state index contributed by atoms with van der Waals surface area (Å²) in [7, 11) is 0. The third kappa shape index (κ3) is 3.49. The van der Waals surface area contributed by atoms with Crippen LogP contribution < -0.4 is 10.1 Å². The van der Waals surface area contributed by atoms with Crippen LogP contribution in [0.2, 0.25) is 0 Å². The first-order valence-electron chi connectivity index (χ1n) is 6.85. The Kier molecular flexibility index (Phi) is 4.11. The van der Waals surface area contributed by atoms with Crippen molar-refractivity contribution in [3.63, 3.8) is 0 Å². The van der Waals surface area contributed by atoms with E-state index in [0.717, 1.165) is 11.1 Å². The van der Waals surface area contributed by atoms with Gasteiger partial charge in [0.2, 0.25) is 0 Å². The second kappa shape index (κ2) is 6.54. The van der Waals surface area contributed by atoms with Crippen LogP contribution >= 0.6 is 0 Å². The number of rotatable bonds is 3. The first-order valence-corrected chi connectivity index (χ1v) is 6.85. The molecule has 3 rings (SSSR count). The van der Waals surface area contributed by atoms with Gasteiger partial charge in [-0.05, 0) is 35.9 Å². The summed E-state index contributed by atoms with van der Waals surface area (Å²) >= 11 is 0. The number of amides is 1. The maximum Gasteiger partial charge on any atom is 0.417 e. The monoisotopic (exact) mass is 290 g/mol. The van der Waals surface area contributed by atoms with Gasteiger partial charge in [0.25, 0.3) is 0 Å². The van der Waals surface area contributed by atoms with E-state index in [9.17, 15) is 4.79 Å². The van der Waals surface area contributed by atoms with Crippen molar-refractivity contribution in [2.75, 3.05) is 5.32 Å². The lowest BCUT2D eigenvalue weighted by atomic mass is 10.1. The van der Waals surface area contributed by atoms with Crippen LogP contribution in [0.4, 0.5) is 10.5 Å². The van der Waals surface area contributed by atoms with Gasteiger partial charge in [0.15, 0.2) is 0 Å². The van der Waals surface area contributed by atoms with Crippen molar-refractivity contribution in [2.24, 2.45) is 0 Å². The molecule has 0 aliphatic heterocycles. The number of nitrogens with one attached hydrogen (secondary N) is 1. The third-order valence-corrected chi connectivity index (χ3v) is 3.06. The molecule has 0 radical (unpaired) electrons. The number of carbonyl (C=O) groups excluding carboxylic acids is 1. The lowest BCUT2D eigenvalue weighted by molar-refractivity contribution is 0.215. The zero-order valence-corrected chi connectivity index (χ0v) is 11.8. The molecule has 3 aromatic rings. The van der Waals surface area contributed by atoms with E-state index in [2.05, 4.69) is 10.3 Å². The van der Waals surface area contributed by atoms with E-state index in [1.165, 1.54) is 0 Å². The summed E-state index contributed by atoms with van der Waals surface area (Å²) in [6.45, 7) is 0. The van der Waals surface area contributed by atoms with Crippen molar-refractivity contribution in [3.05, 3.63) is 79.1 Å². The second-order valence-electron chi connectivity index (χ2n) is 4.65. The Balaban J connectivity index is 1.72. The Bertz CT molecular complexity index is 758. The van der Waals surface area contributed by atoms with Gasteiger partial charge in [-0.15, -0.1) is 0 Å². The van der Waals surface area contributed by atoms with Crippen molar-refractivity contribution in [2.45, 2.75) is 0 Å². The maximum atomic E-state index is 11.9. The number of hydrogen-bond acceptors (Lipinski definition) is 3. The number of ether oxygens (including phenoxy) is 1. The Labute approximate surface area is 128 Å². The van der Waals surface area contributed by atoms with Crippen molar-refractivity contribution < 1.29 is 9.53 Å². The molecule has 1 aromatic heterocycles. The summed E-state index contributed by atoms with van der Waals surface area (Å²) in [5.41, 5.74) is 2.63. The minimum Gasteiger partial charge on any atom is -0.410 e. The molecule has 0 aliphatic rings. The number of aromatic nitrogens is 1. The highest BCUT2D eigenvalue weighted by atomic mass is 16.6. The van der Waals surface area contributed by atoms with Gasteiger partial charge in [-0.1, -0.05) is 36.4 Å². The molecule has 108 valence electrons. The van der Waals surface area contributed by atoms with Crippen LogP contribution in [0, 0.1) is 0 Å². The van der Waals surface area contributed by atoms with Crippen LogP contribution in [-0.4, -0.2) is 11.1 Å². The third-order valence-electron chi connectivity index (χ3n) is 3.06. The highest BCUT2D eigenvalue weighted by Crippen LogP contribution is 2.22. The van der Waals surface area contributed by atoms with Crippen LogP contribution in [0.25, 0.3) is 11.1 Å². The second-order valence-corrected chi connectivity index (χ2v) is 4.65. The fraction of sp³-hybridized carbons (Fsp3) is 0. The number of nitrogens with zero attached hydrogens (tertiary/aromatic N) is 1. The summed E-state index contributed by atoms with van der Waals surface area (Å²) < 4.78 is 5.20. The van der Waals surface area contributed by atoms with Gasteiger partial charge in [0.05, 0.1) is 0 Å². The van der Waals surface area contributed by atoms with Crippen LogP contribution in [-0.2, 0) is 0 Å². The van der Waals surface area contributed by atoms with Crippen LogP contribution in [0.15, 0.2) is 79.1 Å². The van der Waals surface area contributed by atoms with E-state index < -0.39 is 6.09 Å². The van der Waals surface area contributed by atoms with E-state index in [0.29, 0.717) is 11.4 Å². The normalized spacial score (nSPS) is 10.0. The van der Waals surface area contributed by atoms with Gasteiger partial charge in [-0.3, -0.25) is 10.3 Å². The van der Waals surface area contributed by atoms with Crippen molar-refractivity contribution >= 4 is 11.8 Å². The number of anilines is 1. The number of hydrogen-bond donors (Lipinski definition) is 1. The van der Waals surface area contributed by atoms with E-state index in [4.69, 9.17) is 4.74 Å². The van der Waals surface area contributed by atoms with Gasteiger partial charge >= 0.3 is 6.09 Å². The Morgan fingerprint density at radius 1 is 0.909 bits per heavy atom. The van der Waals surface area contributed by atoms with Crippen LogP contribution in [0.5, 0.6) is 5.75 Å². The van der Waals surface area contributed by atoms with Crippen LogP contribution in [0.3, 0.4) is 0 Å². The summed E-state index contributed by atoms with van der Waals surface area (Å²) in [4.78, 5) is 16.0. The zero-order valence-electron chi connectivity index (χ0n) is 11.8. The molecule has 4 heteroatoms. The SMILES string of the molecule is O=C(Nc1cccc(-c2cccnc2)c1)Oc1ccccc1. The highest BCUT2D eigenvalue weighted by molar-refractivity contribution is 5.87. The van der Waals surface area contributed by atoms with Gasteiger partial charge < -0.3 is 4.74 Å². The molecular weight excluding hydrogens is 276 g/mol. The van der Waals surface area contributed by atoms with Gasteiger partial charge in [0.1, 0.15) is 5.75 Å². The summed E-state index contributed by atoms with van der Waals surface area (Å²) in [6, 6.07) is 20.3. The standard InChI is InChI=1S/C18H14N2O2/c21-18(22-17-9-2-1-3-10-17)20-16-8-4-6-14(12-16)15-7-5-11-19-13-15/h1-13H,(H,20,21). The first kappa shape index (κ1) is 13.8. The van der Waals surface area contributed by atoms with Gasteiger partial charge in [-0.2, -0.15) is 0 Å². The van der Waals surface area contributed by atoms with Crippen molar-refractivity contribution in [1.29, 1.82) is 0 Å². The molecule has 0 unspecified atom stereocenters. The number of pyridine rings is 1. The van der Waals surface area contributed by atoms with Crippen molar-refractivity contribution in [1.82, 2.24) is 4.98 Å². The van der Waals surface area contributed by atoms with E-state index >= 15 is 0 Å². The predicted molar refractivity (Wildman–Crippen MR) is 85.8 cm³/mol. The zero-order chi connectivity index (χ0) is 15.2. The fourth-order valence-corrected chi connectivity index (χ4v) is 2.05. The molecule has 1 heterocycles. The number of carbonyl (C=O) groups is 1. The molecule has 0 saturated heterocycles. The Morgan fingerprint density at radius 2 is 1.73 bits per heavy atom. The average Bonchev–Trinajstić information content (AvgIpc) is 2.57. The van der Waals surface area contributed by atoms with E-state index in [1.807, 2.05) is 54.6 Å². The molecule has 0 aliphatic carbocycles. The number of benzene rings is 2. The highest BCUT2D eigenvalue weighted by Gasteiger charge is 2.06. The van der Waals surface area contributed by atoms with Gasteiger partial charge in [0, 0.05) is 23.6 Å². The summed E-state index contributed by atoms with van der Waals surface area (Å²) in [5.74, 6) is 0.503. The molecule has 1 amide bonds. The molecule has 0 atom stereocenters. The lowest BCUT2D eigenvalue weighted by Gasteiger charge is -2.08. The average molecular weight is 290 g/mol. The number of para-hydroxylation sites is 1. The van der Waals surface area contributed by atoms with Gasteiger partial charge in [-0.25, -0.2) is 4.79 Å².